The molecule has 1 aliphatic rings. The molecule has 84 valence electrons. The van der Waals surface area contributed by atoms with Crippen molar-refractivity contribution in [2.24, 2.45) is 0 Å². The number of benzene rings is 1. The molecule has 1 aromatic carbocycles. The molecule has 15 heavy (non-hydrogen) atoms. The molecule has 0 unspecified atom stereocenters. The lowest BCUT2D eigenvalue weighted by atomic mass is 10.2. The lowest BCUT2D eigenvalue weighted by Gasteiger charge is -2.34. The summed E-state index contributed by atoms with van der Waals surface area (Å²) in [4.78, 5) is 4.81. The first-order valence-electron chi connectivity index (χ1n) is 4.95. The van der Waals surface area contributed by atoms with Crippen LogP contribution >= 0.6 is 32.9 Å². The zero-order chi connectivity index (χ0) is 9.97. The summed E-state index contributed by atoms with van der Waals surface area (Å²) >= 11 is 3.45. The lowest BCUT2D eigenvalue weighted by molar-refractivity contribution is 0.313. The highest BCUT2D eigenvalue weighted by Crippen LogP contribution is 2.19. The van der Waals surface area contributed by atoms with Crippen LogP contribution in [-0.4, -0.2) is 38.1 Å². The predicted molar refractivity (Wildman–Crippen MR) is 74.2 cm³/mol. The number of nitrogens with zero attached hydrogens (tertiary/aromatic N) is 2. The van der Waals surface area contributed by atoms with E-state index in [9.17, 15) is 0 Å². The summed E-state index contributed by atoms with van der Waals surface area (Å²) in [5.74, 6) is 0. The van der Waals surface area contributed by atoms with Crippen LogP contribution in [0.1, 0.15) is 0 Å². The number of likely N-dealkylation sites (N-methyl/N-ethyl adjacent to an activating group) is 1. The molecule has 1 heterocycles. The molecule has 0 spiro atoms. The molecule has 0 saturated carbocycles. The van der Waals surface area contributed by atoms with Crippen LogP contribution in [-0.2, 0) is 0 Å². The zero-order valence-electron chi connectivity index (χ0n) is 8.82. The molecule has 0 aliphatic carbocycles. The Labute approximate surface area is 110 Å². The predicted octanol–water partition coefficient (Wildman–Crippen LogP) is 2.78. The number of hydrogen-bond donors (Lipinski definition) is 0. The van der Waals surface area contributed by atoms with Gasteiger partial charge in [-0.2, -0.15) is 0 Å². The first kappa shape index (κ1) is 13.0. The maximum Gasteiger partial charge on any atom is 0.0367 e. The van der Waals surface area contributed by atoms with E-state index < -0.39 is 0 Å². The summed E-state index contributed by atoms with van der Waals surface area (Å²) in [5.41, 5.74) is 1.33. The Hall–Kier alpha value is -0.0600. The fourth-order valence-electron chi connectivity index (χ4n) is 1.72. The van der Waals surface area contributed by atoms with Gasteiger partial charge >= 0.3 is 0 Å². The van der Waals surface area contributed by atoms with Gasteiger partial charge in [0.1, 0.15) is 0 Å². The molecule has 0 atom stereocenters. The Morgan fingerprint density at radius 1 is 1.00 bits per heavy atom. The Morgan fingerprint density at radius 3 is 2.07 bits per heavy atom. The van der Waals surface area contributed by atoms with Crippen LogP contribution in [0.15, 0.2) is 28.7 Å². The molecule has 0 amide bonds. The number of rotatable bonds is 1. The van der Waals surface area contributed by atoms with Crippen LogP contribution in [0.3, 0.4) is 0 Å². The molecule has 0 bridgehead atoms. The fraction of sp³-hybridized carbons (Fsp3) is 0.455. The van der Waals surface area contributed by atoms with Crippen molar-refractivity contribution in [2.45, 2.75) is 0 Å². The molecule has 1 saturated heterocycles. The first-order valence-corrected chi connectivity index (χ1v) is 5.74. The van der Waals surface area contributed by atoms with Crippen molar-refractivity contribution < 1.29 is 0 Å². The van der Waals surface area contributed by atoms with Gasteiger partial charge in [-0.3, -0.25) is 0 Å². The van der Waals surface area contributed by atoms with Gasteiger partial charge in [-0.25, -0.2) is 0 Å². The minimum absolute atomic E-state index is 0. The molecule has 1 aromatic rings. The summed E-state index contributed by atoms with van der Waals surface area (Å²) in [6, 6.07) is 8.56. The Bertz CT molecular complexity index is 292. The Morgan fingerprint density at radius 2 is 1.53 bits per heavy atom. The Kier molecular flexibility index (Phi) is 5.09. The highest BCUT2D eigenvalue weighted by molar-refractivity contribution is 9.10. The molecule has 1 aliphatic heterocycles. The maximum absolute atomic E-state index is 3.45. The molecule has 0 aromatic heterocycles. The van der Waals surface area contributed by atoms with Gasteiger partial charge < -0.3 is 9.80 Å². The average molecular weight is 336 g/mol. The minimum Gasteiger partial charge on any atom is -0.369 e. The number of anilines is 1. The lowest BCUT2D eigenvalue weighted by Crippen LogP contribution is -2.44. The molecule has 0 N–H and O–H groups in total. The van der Waals surface area contributed by atoms with Gasteiger partial charge in [0, 0.05) is 36.3 Å². The second-order valence-electron chi connectivity index (χ2n) is 3.77. The van der Waals surface area contributed by atoms with E-state index in [0.717, 1.165) is 30.7 Å². The van der Waals surface area contributed by atoms with Gasteiger partial charge in [-0.1, -0.05) is 15.9 Å². The highest BCUT2D eigenvalue weighted by Gasteiger charge is 2.13. The average Bonchev–Trinajstić information content (AvgIpc) is 2.21. The van der Waals surface area contributed by atoms with Crippen molar-refractivity contribution in [3.8, 4) is 0 Å². The van der Waals surface area contributed by atoms with E-state index in [0.29, 0.717) is 0 Å². The largest absolute Gasteiger partial charge is 0.369 e. The monoisotopic (exact) mass is 334 g/mol. The third kappa shape index (κ3) is 3.47. The standard InChI is InChI=1S/C11H15BrN2.BrH/c1-13-6-8-14(9-7-13)11-4-2-10(12)3-5-11;/h2-5H,6-9H2,1H3;1H. The molecular formula is C11H16Br2N2. The van der Waals surface area contributed by atoms with Gasteiger partial charge in [-0.15, -0.1) is 17.0 Å². The summed E-state index contributed by atoms with van der Waals surface area (Å²) in [7, 11) is 2.18. The van der Waals surface area contributed by atoms with Crippen LogP contribution in [0.5, 0.6) is 0 Å². The van der Waals surface area contributed by atoms with E-state index in [-0.39, 0.29) is 17.0 Å². The highest BCUT2D eigenvalue weighted by atomic mass is 79.9. The van der Waals surface area contributed by atoms with Crippen molar-refractivity contribution in [3.05, 3.63) is 28.7 Å². The van der Waals surface area contributed by atoms with E-state index >= 15 is 0 Å². The molecule has 4 heteroatoms. The number of halogens is 2. The summed E-state index contributed by atoms with van der Waals surface area (Å²) < 4.78 is 1.15. The normalized spacial score (nSPS) is 17.3. The number of hydrogen-bond acceptors (Lipinski definition) is 2. The van der Waals surface area contributed by atoms with Crippen molar-refractivity contribution >= 4 is 38.6 Å². The molecular weight excluding hydrogens is 320 g/mol. The third-order valence-electron chi connectivity index (χ3n) is 2.70. The topological polar surface area (TPSA) is 6.48 Å². The molecule has 2 nitrogen and oxygen atoms in total. The van der Waals surface area contributed by atoms with E-state index in [1.165, 1.54) is 5.69 Å². The molecule has 2 rings (SSSR count). The van der Waals surface area contributed by atoms with E-state index in [1.54, 1.807) is 0 Å². The molecule has 0 radical (unpaired) electrons. The fourth-order valence-corrected chi connectivity index (χ4v) is 1.98. The van der Waals surface area contributed by atoms with Crippen molar-refractivity contribution in [2.75, 3.05) is 38.1 Å². The van der Waals surface area contributed by atoms with Crippen molar-refractivity contribution in [1.29, 1.82) is 0 Å². The van der Waals surface area contributed by atoms with Crippen LogP contribution in [0.4, 0.5) is 5.69 Å². The maximum atomic E-state index is 3.45. The summed E-state index contributed by atoms with van der Waals surface area (Å²) in [6.45, 7) is 4.60. The van der Waals surface area contributed by atoms with Crippen LogP contribution < -0.4 is 4.90 Å². The first-order chi connectivity index (χ1) is 6.75. The van der Waals surface area contributed by atoms with Crippen LogP contribution in [0.25, 0.3) is 0 Å². The van der Waals surface area contributed by atoms with E-state index in [2.05, 4.69) is 57.0 Å². The van der Waals surface area contributed by atoms with Gasteiger partial charge in [-0.05, 0) is 31.3 Å². The van der Waals surface area contributed by atoms with Gasteiger partial charge in [0.15, 0.2) is 0 Å². The molecule has 1 fully saturated rings. The van der Waals surface area contributed by atoms with Crippen LogP contribution in [0.2, 0.25) is 0 Å². The van der Waals surface area contributed by atoms with Gasteiger partial charge in [0.05, 0.1) is 0 Å². The second-order valence-corrected chi connectivity index (χ2v) is 4.68. The van der Waals surface area contributed by atoms with Gasteiger partial charge in [0.25, 0.3) is 0 Å². The van der Waals surface area contributed by atoms with E-state index in [4.69, 9.17) is 0 Å². The van der Waals surface area contributed by atoms with Crippen LogP contribution in [0, 0.1) is 0 Å². The minimum atomic E-state index is 0. The third-order valence-corrected chi connectivity index (χ3v) is 3.22. The quantitative estimate of drug-likeness (QED) is 0.778. The Balaban J connectivity index is 0.00000112. The second kappa shape index (κ2) is 5.87. The van der Waals surface area contributed by atoms with Crippen molar-refractivity contribution in [3.63, 3.8) is 0 Å². The van der Waals surface area contributed by atoms with E-state index in [1.807, 2.05) is 0 Å². The summed E-state index contributed by atoms with van der Waals surface area (Å²) in [5, 5.41) is 0. The SMILES string of the molecule is Br.CN1CCN(c2ccc(Br)cc2)CC1. The van der Waals surface area contributed by atoms with Crippen molar-refractivity contribution in [1.82, 2.24) is 4.90 Å². The zero-order valence-corrected chi connectivity index (χ0v) is 12.1. The summed E-state index contributed by atoms with van der Waals surface area (Å²) in [6.07, 6.45) is 0. The van der Waals surface area contributed by atoms with Gasteiger partial charge in [0.2, 0.25) is 0 Å². The smallest absolute Gasteiger partial charge is 0.0367 e. The number of piperazine rings is 1.